The molecule has 0 aliphatic carbocycles. The number of hydrogen-bond donors (Lipinski definition) is 1. The van der Waals surface area contributed by atoms with Gasteiger partial charge in [-0.15, -0.1) is 11.3 Å². The Hall–Kier alpha value is -1.77. The number of rotatable bonds is 4. The average molecular weight is 322 g/mol. The van der Waals surface area contributed by atoms with Crippen LogP contribution in [-0.4, -0.2) is 35.0 Å². The number of nitrogens with zero attached hydrogens (tertiary/aromatic N) is 3. The van der Waals surface area contributed by atoms with Crippen LogP contribution in [0.2, 0.25) is 0 Å². The van der Waals surface area contributed by atoms with Crippen molar-refractivity contribution in [1.29, 1.82) is 0 Å². The SMILES string of the molecule is Cc1[nH]ncc1S(=O)(=O)N(C)Cc1nc2ccccc2s1. The number of sulfonamides is 1. The molecule has 110 valence electrons. The van der Waals surface area contributed by atoms with Crippen LogP contribution in [-0.2, 0) is 16.6 Å². The van der Waals surface area contributed by atoms with Crippen LogP contribution in [0.5, 0.6) is 0 Å². The number of benzene rings is 1. The molecule has 1 N–H and O–H groups in total. The summed E-state index contributed by atoms with van der Waals surface area (Å²) in [5, 5.41) is 7.18. The van der Waals surface area contributed by atoms with Gasteiger partial charge >= 0.3 is 0 Å². The second-order valence-corrected chi connectivity index (χ2v) is 7.82. The molecular formula is C13H14N4O2S2. The van der Waals surface area contributed by atoms with Crippen molar-refractivity contribution in [2.75, 3.05) is 7.05 Å². The first kappa shape index (κ1) is 14.2. The van der Waals surface area contributed by atoms with Crippen molar-refractivity contribution in [1.82, 2.24) is 19.5 Å². The van der Waals surface area contributed by atoms with Crippen molar-refractivity contribution in [3.63, 3.8) is 0 Å². The molecule has 0 amide bonds. The van der Waals surface area contributed by atoms with E-state index in [1.54, 1.807) is 14.0 Å². The number of aromatic nitrogens is 3. The molecule has 0 bridgehead atoms. The molecule has 2 heterocycles. The molecule has 2 aromatic heterocycles. The van der Waals surface area contributed by atoms with E-state index in [-0.39, 0.29) is 11.4 Å². The Morgan fingerprint density at radius 2 is 2.10 bits per heavy atom. The van der Waals surface area contributed by atoms with Crippen LogP contribution in [0.25, 0.3) is 10.2 Å². The first-order valence-electron chi connectivity index (χ1n) is 6.29. The summed E-state index contributed by atoms with van der Waals surface area (Å²) in [5.74, 6) is 0. The van der Waals surface area contributed by atoms with E-state index < -0.39 is 10.0 Å². The summed E-state index contributed by atoms with van der Waals surface area (Å²) in [6, 6.07) is 7.76. The highest BCUT2D eigenvalue weighted by molar-refractivity contribution is 7.89. The summed E-state index contributed by atoms with van der Waals surface area (Å²) in [4.78, 5) is 4.66. The summed E-state index contributed by atoms with van der Waals surface area (Å²) >= 11 is 1.50. The van der Waals surface area contributed by atoms with Crippen LogP contribution >= 0.6 is 11.3 Å². The third kappa shape index (κ3) is 2.57. The van der Waals surface area contributed by atoms with Gasteiger partial charge in [-0.2, -0.15) is 9.40 Å². The zero-order valence-electron chi connectivity index (χ0n) is 11.6. The fourth-order valence-corrected chi connectivity index (χ4v) is 4.38. The van der Waals surface area contributed by atoms with Crippen LogP contribution in [0.1, 0.15) is 10.7 Å². The first-order chi connectivity index (χ1) is 9.98. The second kappa shape index (κ2) is 5.21. The standard InChI is InChI=1S/C13H14N4O2S2/c1-9-12(7-14-16-9)21(18,19)17(2)8-13-15-10-5-3-4-6-11(10)20-13/h3-7H,8H2,1-2H3,(H,14,16). The molecule has 0 aliphatic rings. The Morgan fingerprint density at radius 3 is 2.76 bits per heavy atom. The fourth-order valence-electron chi connectivity index (χ4n) is 2.03. The number of aryl methyl sites for hydroxylation is 1. The summed E-state index contributed by atoms with van der Waals surface area (Å²) in [5.41, 5.74) is 1.42. The number of aromatic amines is 1. The third-order valence-electron chi connectivity index (χ3n) is 3.17. The minimum absolute atomic E-state index is 0.200. The number of H-pyrrole nitrogens is 1. The number of nitrogens with one attached hydrogen (secondary N) is 1. The fraction of sp³-hybridized carbons (Fsp3) is 0.231. The number of fused-ring (bicyclic) bond motifs is 1. The van der Waals surface area contributed by atoms with Crippen molar-refractivity contribution >= 4 is 31.6 Å². The van der Waals surface area contributed by atoms with Crippen molar-refractivity contribution in [2.24, 2.45) is 0 Å². The van der Waals surface area contributed by atoms with Gasteiger partial charge in [-0.25, -0.2) is 13.4 Å². The maximum absolute atomic E-state index is 12.5. The van der Waals surface area contributed by atoms with Crippen LogP contribution in [0, 0.1) is 6.92 Å². The van der Waals surface area contributed by atoms with Crippen molar-refractivity contribution in [3.8, 4) is 0 Å². The van der Waals surface area contributed by atoms with E-state index in [2.05, 4.69) is 15.2 Å². The van der Waals surface area contributed by atoms with E-state index in [9.17, 15) is 8.42 Å². The van der Waals surface area contributed by atoms with Gasteiger partial charge in [0, 0.05) is 7.05 Å². The van der Waals surface area contributed by atoms with Gasteiger partial charge in [0.15, 0.2) is 0 Å². The summed E-state index contributed by atoms with van der Waals surface area (Å²) < 4.78 is 27.3. The molecule has 0 saturated heterocycles. The molecule has 3 rings (SSSR count). The lowest BCUT2D eigenvalue weighted by molar-refractivity contribution is 0.466. The van der Waals surface area contributed by atoms with Gasteiger partial charge in [0.05, 0.1) is 28.7 Å². The van der Waals surface area contributed by atoms with Gasteiger partial charge in [0.1, 0.15) is 9.90 Å². The number of para-hydroxylation sites is 1. The predicted molar refractivity (Wildman–Crippen MR) is 81.6 cm³/mol. The highest BCUT2D eigenvalue weighted by Gasteiger charge is 2.25. The molecular weight excluding hydrogens is 308 g/mol. The molecule has 0 saturated carbocycles. The quantitative estimate of drug-likeness (QED) is 0.798. The van der Waals surface area contributed by atoms with Crippen molar-refractivity contribution < 1.29 is 8.42 Å². The molecule has 1 aromatic carbocycles. The van der Waals surface area contributed by atoms with E-state index in [0.717, 1.165) is 15.2 Å². The maximum atomic E-state index is 12.5. The second-order valence-electron chi connectivity index (χ2n) is 4.70. The van der Waals surface area contributed by atoms with Crippen molar-refractivity contribution in [3.05, 3.63) is 41.2 Å². The lowest BCUT2D eigenvalue weighted by Crippen LogP contribution is -2.26. The van der Waals surface area contributed by atoms with Crippen LogP contribution in [0.15, 0.2) is 35.4 Å². The zero-order valence-corrected chi connectivity index (χ0v) is 13.2. The van der Waals surface area contributed by atoms with Crippen molar-refractivity contribution in [2.45, 2.75) is 18.4 Å². The van der Waals surface area contributed by atoms with Crippen LogP contribution in [0.4, 0.5) is 0 Å². The zero-order chi connectivity index (χ0) is 15.0. The molecule has 0 spiro atoms. The summed E-state index contributed by atoms with van der Waals surface area (Å²) in [6.07, 6.45) is 1.33. The monoisotopic (exact) mass is 322 g/mol. The average Bonchev–Trinajstić information content (AvgIpc) is 3.04. The van der Waals surface area contributed by atoms with E-state index >= 15 is 0 Å². The molecule has 8 heteroatoms. The van der Waals surface area contributed by atoms with Gasteiger partial charge in [0.25, 0.3) is 0 Å². The van der Waals surface area contributed by atoms with Gasteiger partial charge in [-0.1, -0.05) is 12.1 Å². The Bertz CT molecular complexity index is 849. The highest BCUT2D eigenvalue weighted by Crippen LogP contribution is 2.24. The minimum atomic E-state index is -3.56. The van der Waals surface area contributed by atoms with Gasteiger partial charge < -0.3 is 0 Å². The Labute approximate surface area is 126 Å². The van der Waals surface area contributed by atoms with E-state index in [1.807, 2.05) is 24.3 Å². The molecule has 0 unspecified atom stereocenters. The first-order valence-corrected chi connectivity index (χ1v) is 8.55. The molecule has 6 nitrogen and oxygen atoms in total. The predicted octanol–water partition coefficient (Wildman–Crippen LogP) is 2.15. The summed E-state index contributed by atoms with van der Waals surface area (Å²) in [7, 11) is -2.01. The van der Waals surface area contributed by atoms with Gasteiger partial charge in [-0.3, -0.25) is 5.10 Å². The van der Waals surface area contributed by atoms with Gasteiger partial charge in [-0.05, 0) is 19.1 Å². The number of hydrogen-bond acceptors (Lipinski definition) is 5. The van der Waals surface area contributed by atoms with Crippen LogP contribution < -0.4 is 0 Å². The van der Waals surface area contributed by atoms with E-state index in [1.165, 1.54) is 21.8 Å². The third-order valence-corrected chi connectivity index (χ3v) is 6.11. The topological polar surface area (TPSA) is 79.0 Å². The van der Waals surface area contributed by atoms with Crippen LogP contribution in [0.3, 0.4) is 0 Å². The summed E-state index contributed by atoms with van der Waals surface area (Å²) in [6.45, 7) is 1.93. The smallest absolute Gasteiger partial charge is 0.246 e. The lowest BCUT2D eigenvalue weighted by atomic mass is 10.3. The Morgan fingerprint density at radius 1 is 1.33 bits per heavy atom. The highest BCUT2D eigenvalue weighted by atomic mass is 32.2. The van der Waals surface area contributed by atoms with E-state index in [0.29, 0.717) is 5.69 Å². The molecule has 0 radical (unpaired) electrons. The molecule has 3 aromatic rings. The maximum Gasteiger partial charge on any atom is 0.246 e. The van der Waals surface area contributed by atoms with Gasteiger partial charge in [0.2, 0.25) is 10.0 Å². The largest absolute Gasteiger partial charge is 0.281 e. The lowest BCUT2D eigenvalue weighted by Gasteiger charge is -2.14. The minimum Gasteiger partial charge on any atom is -0.281 e. The molecule has 0 aliphatic heterocycles. The normalized spacial score (nSPS) is 12.3. The Kier molecular flexibility index (Phi) is 3.52. The Balaban J connectivity index is 1.89. The number of thiazole rings is 1. The van der Waals surface area contributed by atoms with E-state index in [4.69, 9.17) is 0 Å². The molecule has 0 atom stereocenters. The molecule has 21 heavy (non-hydrogen) atoms. The molecule has 0 fully saturated rings.